The van der Waals surface area contributed by atoms with E-state index in [4.69, 9.17) is 23.8 Å². The molecule has 0 amide bonds. The van der Waals surface area contributed by atoms with Gasteiger partial charge in [0.25, 0.3) is 0 Å². The molecule has 192 valence electrons. The van der Waals surface area contributed by atoms with Crippen molar-refractivity contribution >= 4 is 28.8 Å². The minimum absolute atomic E-state index is 0.0854. The van der Waals surface area contributed by atoms with E-state index < -0.39 is 30.0 Å². The molecule has 0 spiro atoms. The van der Waals surface area contributed by atoms with Crippen molar-refractivity contribution in [3.8, 4) is 11.3 Å². The molecular weight excluding hydrogens is 538 g/mol. The highest BCUT2D eigenvalue weighted by molar-refractivity contribution is 7.80. The van der Waals surface area contributed by atoms with E-state index in [-0.39, 0.29) is 28.9 Å². The number of hydrogen-bond acceptors (Lipinski definition) is 3. The Kier molecular flexibility index (Phi) is 7.56. The Morgan fingerprint density at radius 2 is 1.46 bits per heavy atom. The van der Waals surface area contributed by atoms with Crippen LogP contribution in [0.1, 0.15) is 27.9 Å². The van der Waals surface area contributed by atoms with Gasteiger partial charge >= 0.3 is 12.4 Å². The lowest BCUT2D eigenvalue weighted by molar-refractivity contribution is -0.143. The topological polar surface area (TPSA) is 42.7 Å². The second-order valence-corrected chi connectivity index (χ2v) is 8.81. The molecule has 0 fully saturated rings. The van der Waals surface area contributed by atoms with E-state index in [1.54, 1.807) is 48.5 Å². The quantitative estimate of drug-likeness (QED) is 0.203. The van der Waals surface area contributed by atoms with Crippen molar-refractivity contribution in [2.75, 3.05) is 0 Å². The molecule has 37 heavy (non-hydrogen) atoms. The van der Waals surface area contributed by atoms with Gasteiger partial charge in [0.15, 0.2) is 0 Å². The summed E-state index contributed by atoms with van der Waals surface area (Å²) in [5.41, 5.74) is -1.16. The van der Waals surface area contributed by atoms with Crippen LogP contribution < -0.4 is 5.32 Å². The molecule has 1 N–H and O–H groups in total. The maximum Gasteiger partial charge on any atom is 0.416 e. The van der Waals surface area contributed by atoms with Gasteiger partial charge in [-0.25, -0.2) is 4.68 Å². The number of nitrogens with zero attached hydrogens (tertiary/aromatic N) is 3. The summed E-state index contributed by atoms with van der Waals surface area (Å²) >= 11 is 11.7. The minimum atomic E-state index is -4.96. The molecule has 0 bridgehead atoms. The highest BCUT2D eigenvalue weighted by Crippen LogP contribution is 2.37. The summed E-state index contributed by atoms with van der Waals surface area (Å²) in [5.74, 6) is 0. The molecule has 4 rings (SSSR count). The summed E-state index contributed by atoms with van der Waals surface area (Å²) in [4.78, 5) is 0.185. The van der Waals surface area contributed by atoms with Crippen molar-refractivity contribution in [3.63, 3.8) is 0 Å². The van der Waals surface area contributed by atoms with Gasteiger partial charge in [0.2, 0.25) is 0 Å². The largest absolute Gasteiger partial charge is 0.416 e. The first-order valence-electron chi connectivity index (χ1n) is 10.7. The van der Waals surface area contributed by atoms with Gasteiger partial charge in [0.05, 0.1) is 23.4 Å². The fourth-order valence-electron chi connectivity index (χ4n) is 3.64. The second-order valence-electron chi connectivity index (χ2n) is 8.00. The van der Waals surface area contributed by atoms with E-state index in [2.05, 4.69) is 15.6 Å². The van der Waals surface area contributed by atoms with Crippen LogP contribution in [0.25, 0.3) is 11.3 Å². The van der Waals surface area contributed by atoms with Gasteiger partial charge in [-0.05, 0) is 35.4 Å². The van der Waals surface area contributed by atoms with E-state index in [0.29, 0.717) is 28.4 Å². The normalized spacial score (nSPS) is 12.0. The molecule has 4 nitrogen and oxygen atoms in total. The van der Waals surface area contributed by atoms with E-state index in [1.807, 2.05) is 6.07 Å². The Morgan fingerprint density at radius 1 is 0.865 bits per heavy atom. The van der Waals surface area contributed by atoms with Crippen LogP contribution >= 0.6 is 23.8 Å². The number of benzene rings is 3. The van der Waals surface area contributed by atoms with Crippen LogP contribution in [0.5, 0.6) is 0 Å². The smallest absolute Gasteiger partial charge is 0.370 e. The lowest BCUT2D eigenvalue weighted by Crippen LogP contribution is -2.23. The molecular formula is C25H17ClF6N4S. The van der Waals surface area contributed by atoms with Gasteiger partial charge in [-0.1, -0.05) is 77.6 Å². The van der Waals surface area contributed by atoms with Gasteiger partial charge in [-0.3, -0.25) is 0 Å². The predicted molar refractivity (Wildman–Crippen MR) is 131 cm³/mol. The molecule has 0 atom stereocenters. The van der Waals surface area contributed by atoms with E-state index in [0.717, 1.165) is 5.56 Å². The van der Waals surface area contributed by atoms with Crippen molar-refractivity contribution in [1.29, 1.82) is 0 Å². The molecule has 0 radical (unpaired) electrons. The molecule has 1 heterocycles. The summed E-state index contributed by atoms with van der Waals surface area (Å²) in [5, 5.41) is 11.7. The number of aromatic nitrogens is 3. The maximum atomic E-state index is 13.3. The van der Waals surface area contributed by atoms with Crippen LogP contribution in [-0.2, 0) is 25.4 Å². The highest BCUT2D eigenvalue weighted by atomic mass is 35.5. The SMILES string of the molecule is FC(F)(F)c1cc(Cn2nnc(C(=S)NCc3ccccc3Cl)c2-c2ccccc2)cc(C(F)(F)F)c1. The summed E-state index contributed by atoms with van der Waals surface area (Å²) < 4.78 is 81.3. The van der Waals surface area contributed by atoms with Crippen molar-refractivity contribution < 1.29 is 26.3 Å². The van der Waals surface area contributed by atoms with Gasteiger partial charge in [0, 0.05) is 17.1 Å². The third-order valence-corrected chi connectivity index (χ3v) is 6.08. The number of halogens is 7. The van der Waals surface area contributed by atoms with Crippen molar-refractivity contribution in [2.24, 2.45) is 0 Å². The Labute approximate surface area is 217 Å². The molecule has 1 aromatic heterocycles. The predicted octanol–water partition coefficient (Wildman–Crippen LogP) is 7.15. The van der Waals surface area contributed by atoms with E-state index in [1.165, 1.54) is 4.68 Å². The fraction of sp³-hybridized carbons (Fsp3) is 0.160. The average Bonchev–Trinajstić information content (AvgIpc) is 3.26. The molecule has 0 aliphatic rings. The number of thiocarbonyl (C=S) groups is 1. The Bertz CT molecular complexity index is 1380. The first-order valence-corrected chi connectivity index (χ1v) is 11.5. The van der Waals surface area contributed by atoms with Crippen LogP contribution in [0, 0.1) is 0 Å². The zero-order valence-electron chi connectivity index (χ0n) is 18.7. The Hall–Kier alpha value is -3.44. The first-order chi connectivity index (χ1) is 17.4. The van der Waals surface area contributed by atoms with Crippen LogP contribution in [0.3, 0.4) is 0 Å². The summed E-state index contributed by atoms with van der Waals surface area (Å²) in [6.45, 7) is -0.139. The molecule has 0 aliphatic carbocycles. The first kappa shape index (κ1) is 26.6. The molecule has 4 aromatic rings. The number of rotatable bonds is 6. The van der Waals surface area contributed by atoms with Gasteiger partial charge in [-0.2, -0.15) is 26.3 Å². The Morgan fingerprint density at radius 3 is 2.05 bits per heavy atom. The zero-order chi connectivity index (χ0) is 26.8. The van der Waals surface area contributed by atoms with Crippen LogP contribution in [0.2, 0.25) is 5.02 Å². The lowest BCUT2D eigenvalue weighted by Gasteiger charge is -2.15. The Balaban J connectivity index is 1.72. The molecule has 0 unspecified atom stereocenters. The van der Waals surface area contributed by atoms with Crippen LogP contribution in [-0.4, -0.2) is 20.0 Å². The molecule has 0 saturated carbocycles. The molecule has 3 aromatic carbocycles. The monoisotopic (exact) mass is 554 g/mol. The third-order valence-electron chi connectivity index (χ3n) is 5.37. The third kappa shape index (κ3) is 6.28. The zero-order valence-corrected chi connectivity index (χ0v) is 20.3. The minimum Gasteiger partial charge on any atom is -0.370 e. The summed E-state index contributed by atoms with van der Waals surface area (Å²) in [6.07, 6.45) is -9.92. The van der Waals surface area contributed by atoms with Gasteiger partial charge in [-0.15, -0.1) is 5.10 Å². The highest BCUT2D eigenvalue weighted by Gasteiger charge is 2.37. The fourth-order valence-corrected chi connectivity index (χ4v) is 4.06. The summed E-state index contributed by atoms with van der Waals surface area (Å²) in [7, 11) is 0. The van der Waals surface area contributed by atoms with Crippen molar-refractivity contribution in [1.82, 2.24) is 20.3 Å². The van der Waals surface area contributed by atoms with Crippen LogP contribution in [0.15, 0.2) is 72.8 Å². The van der Waals surface area contributed by atoms with Gasteiger partial charge < -0.3 is 5.32 Å². The van der Waals surface area contributed by atoms with Gasteiger partial charge in [0.1, 0.15) is 10.7 Å². The summed E-state index contributed by atoms with van der Waals surface area (Å²) in [6, 6.07) is 17.2. The number of nitrogens with one attached hydrogen (secondary N) is 1. The number of alkyl halides is 6. The second kappa shape index (κ2) is 10.5. The van der Waals surface area contributed by atoms with E-state index in [9.17, 15) is 26.3 Å². The van der Waals surface area contributed by atoms with E-state index >= 15 is 0 Å². The van der Waals surface area contributed by atoms with Crippen molar-refractivity contribution in [2.45, 2.75) is 25.4 Å². The maximum absolute atomic E-state index is 13.3. The van der Waals surface area contributed by atoms with Crippen molar-refractivity contribution in [3.05, 3.63) is 106 Å². The standard InChI is InChI=1S/C25H17ClF6N4S/c26-20-9-5-4-8-17(20)13-33-23(37)21-22(16-6-2-1-3-7-16)36(35-34-21)14-15-10-18(24(27,28)29)12-19(11-15)25(30,31)32/h1-12H,13-14H2,(H,33,37). The number of hydrogen-bond donors (Lipinski definition) is 1. The molecule has 12 heteroatoms. The molecule has 0 aliphatic heterocycles. The van der Waals surface area contributed by atoms with Crippen LogP contribution in [0.4, 0.5) is 26.3 Å². The molecule has 0 saturated heterocycles. The average molecular weight is 555 g/mol. The lowest BCUT2D eigenvalue weighted by atomic mass is 10.0.